The monoisotopic (exact) mass is 522 g/mol. The second-order valence-electron chi connectivity index (χ2n) is 10.1. The lowest BCUT2D eigenvalue weighted by atomic mass is 10.1. The van der Waals surface area contributed by atoms with Crippen LogP contribution in [0.4, 0.5) is 5.69 Å². The fourth-order valence-electron chi connectivity index (χ4n) is 6.07. The number of aryl methyl sites for hydroxylation is 1. The molecule has 6 aromatic heterocycles. The zero-order chi connectivity index (χ0) is 26.8. The quantitative estimate of drug-likeness (QED) is 0.255. The molecule has 194 valence electrons. The SMILES string of the molecule is CC/C(=C\c1c(C)oc2ccc(-n3c4cccnc4c4ncccc43)cc12)n1c2c(c3ncccc31)NCC=C2. The van der Waals surface area contributed by atoms with Crippen molar-refractivity contribution in [3.8, 4) is 5.69 Å². The van der Waals surface area contributed by atoms with Crippen molar-refractivity contribution in [2.24, 2.45) is 0 Å². The van der Waals surface area contributed by atoms with Crippen molar-refractivity contribution in [1.29, 1.82) is 0 Å². The van der Waals surface area contributed by atoms with E-state index in [0.717, 1.165) is 85.4 Å². The molecule has 7 aromatic rings. The molecule has 0 radical (unpaired) electrons. The minimum absolute atomic E-state index is 0.801. The molecule has 1 aromatic carbocycles. The molecule has 0 aliphatic carbocycles. The average Bonchev–Trinajstić information content (AvgIpc) is 3.62. The van der Waals surface area contributed by atoms with E-state index in [1.807, 2.05) is 43.7 Å². The first-order valence-corrected chi connectivity index (χ1v) is 13.6. The van der Waals surface area contributed by atoms with Gasteiger partial charge < -0.3 is 18.9 Å². The summed E-state index contributed by atoms with van der Waals surface area (Å²) in [5, 5.41) is 4.60. The van der Waals surface area contributed by atoms with Crippen LogP contribution in [0.1, 0.15) is 30.4 Å². The third kappa shape index (κ3) is 3.21. The Balaban J connectivity index is 1.36. The average molecular weight is 523 g/mol. The maximum Gasteiger partial charge on any atom is 0.135 e. The lowest BCUT2D eigenvalue weighted by Gasteiger charge is -2.15. The van der Waals surface area contributed by atoms with Crippen molar-refractivity contribution in [3.05, 3.63) is 96.3 Å². The van der Waals surface area contributed by atoms with Crippen LogP contribution < -0.4 is 5.32 Å². The van der Waals surface area contributed by atoms with Crippen molar-refractivity contribution in [2.75, 3.05) is 11.9 Å². The van der Waals surface area contributed by atoms with Crippen molar-refractivity contribution < 1.29 is 4.42 Å². The van der Waals surface area contributed by atoms with Gasteiger partial charge in [-0.25, -0.2) is 0 Å². The highest BCUT2D eigenvalue weighted by Gasteiger charge is 2.21. The predicted molar refractivity (Wildman–Crippen MR) is 163 cm³/mol. The molecule has 0 saturated heterocycles. The highest BCUT2D eigenvalue weighted by molar-refractivity contribution is 6.05. The first kappa shape index (κ1) is 22.8. The molecule has 0 spiro atoms. The standard InChI is InChI=1S/C33H26N6O/c1-3-21(38-25-8-4-14-34-30(25)31-26(38)9-5-15-35-31)18-23-20(2)40-29-13-12-22(19-24(23)29)39-27-10-6-16-36-32(27)33-28(39)11-7-17-37-33/h4-14,16-19,35H,3,15H2,1-2H3/b21-18+. The highest BCUT2D eigenvalue weighted by atomic mass is 16.3. The van der Waals surface area contributed by atoms with Crippen LogP contribution in [-0.4, -0.2) is 30.6 Å². The molecule has 7 heteroatoms. The molecule has 8 rings (SSSR count). The van der Waals surface area contributed by atoms with Crippen LogP contribution in [0, 0.1) is 6.92 Å². The zero-order valence-electron chi connectivity index (χ0n) is 22.2. The molecule has 7 nitrogen and oxygen atoms in total. The van der Waals surface area contributed by atoms with Crippen molar-refractivity contribution >= 4 is 67.6 Å². The lowest BCUT2D eigenvalue weighted by Crippen LogP contribution is -2.06. The molecule has 0 amide bonds. The second kappa shape index (κ2) is 8.68. The third-order valence-corrected chi connectivity index (χ3v) is 7.83. The Hall–Kier alpha value is -5.17. The van der Waals surface area contributed by atoms with E-state index in [-0.39, 0.29) is 0 Å². The second-order valence-corrected chi connectivity index (χ2v) is 10.1. The van der Waals surface area contributed by atoms with Gasteiger partial charge in [-0.2, -0.15) is 0 Å². The van der Waals surface area contributed by atoms with Gasteiger partial charge in [0, 0.05) is 47.5 Å². The number of nitrogens with zero attached hydrogens (tertiary/aromatic N) is 5. The number of hydrogen-bond donors (Lipinski definition) is 1. The van der Waals surface area contributed by atoms with Crippen LogP contribution in [0.25, 0.3) is 67.6 Å². The molecule has 0 saturated carbocycles. The van der Waals surface area contributed by atoms with E-state index in [1.165, 1.54) is 5.70 Å². The molecular formula is C33H26N6O. The summed E-state index contributed by atoms with van der Waals surface area (Å²) in [5.41, 5.74) is 12.3. The first-order valence-electron chi connectivity index (χ1n) is 13.6. The van der Waals surface area contributed by atoms with Gasteiger partial charge in [0.25, 0.3) is 0 Å². The van der Waals surface area contributed by atoms with Gasteiger partial charge in [-0.15, -0.1) is 0 Å². The van der Waals surface area contributed by atoms with E-state index in [2.05, 4.69) is 86.0 Å². The van der Waals surface area contributed by atoms with Crippen LogP contribution in [0.15, 0.2) is 83.7 Å². The van der Waals surface area contributed by atoms with Gasteiger partial charge in [-0.05, 0) is 80.1 Å². The summed E-state index contributed by atoms with van der Waals surface area (Å²) in [6, 6.07) is 18.7. The van der Waals surface area contributed by atoms with E-state index in [0.29, 0.717) is 0 Å². The Labute approximate surface area is 230 Å². The number of aromatic nitrogens is 5. The summed E-state index contributed by atoms with van der Waals surface area (Å²) in [5.74, 6) is 0.890. The first-order chi connectivity index (χ1) is 19.7. The van der Waals surface area contributed by atoms with Gasteiger partial charge in [0.2, 0.25) is 0 Å². The van der Waals surface area contributed by atoms with Gasteiger partial charge in [-0.1, -0.05) is 13.0 Å². The number of furan rings is 1. The van der Waals surface area contributed by atoms with Crippen molar-refractivity contribution in [2.45, 2.75) is 20.3 Å². The van der Waals surface area contributed by atoms with Crippen molar-refractivity contribution in [1.82, 2.24) is 24.1 Å². The predicted octanol–water partition coefficient (Wildman–Crippen LogP) is 7.82. The summed E-state index contributed by atoms with van der Waals surface area (Å²) in [6.45, 7) is 5.04. The zero-order valence-corrected chi connectivity index (χ0v) is 22.2. The van der Waals surface area contributed by atoms with Gasteiger partial charge >= 0.3 is 0 Å². The molecule has 1 aliphatic rings. The van der Waals surface area contributed by atoms with Crippen LogP contribution >= 0.6 is 0 Å². The molecule has 0 unspecified atom stereocenters. The molecule has 0 atom stereocenters. The van der Waals surface area contributed by atoms with Crippen molar-refractivity contribution in [3.63, 3.8) is 0 Å². The molecule has 1 aliphatic heterocycles. The smallest absolute Gasteiger partial charge is 0.135 e. The Morgan fingerprint density at radius 3 is 2.35 bits per heavy atom. The number of fused-ring (bicyclic) bond motifs is 7. The number of rotatable bonds is 4. The van der Waals surface area contributed by atoms with E-state index in [9.17, 15) is 0 Å². The Morgan fingerprint density at radius 1 is 0.925 bits per heavy atom. The van der Waals surface area contributed by atoms with Crippen LogP contribution in [0.3, 0.4) is 0 Å². The van der Waals surface area contributed by atoms with E-state index >= 15 is 0 Å². The summed E-state index contributed by atoms with van der Waals surface area (Å²) in [6.07, 6.45) is 13.0. The summed E-state index contributed by atoms with van der Waals surface area (Å²) in [7, 11) is 0. The normalized spacial score (nSPS) is 13.5. The number of hydrogen-bond acceptors (Lipinski definition) is 5. The van der Waals surface area contributed by atoms with Gasteiger partial charge in [0.05, 0.1) is 27.9 Å². The minimum Gasteiger partial charge on any atom is -0.461 e. The van der Waals surface area contributed by atoms with Crippen LogP contribution in [0.5, 0.6) is 0 Å². The maximum absolute atomic E-state index is 6.28. The highest BCUT2D eigenvalue weighted by Crippen LogP contribution is 2.38. The number of benzene rings is 1. The molecule has 7 heterocycles. The van der Waals surface area contributed by atoms with Gasteiger partial charge in [-0.3, -0.25) is 15.0 Å². The Morgan fingerprint density at radius 2 is 1.62 bits per heavy atom. The fourth-order valence-corrected chi connectivity index (χ4v) is 6.07. The summed E-state index contributed by atoms with van der Waals surface area (Å²) >= 11 is 0. The maximum atomic E-state index is 6.28. The number of allylic oxidation sites excluding steroid dienone is 1. The molecule has 0 fully saturated rings. The minimum atomic E-state index is 0.801. The largest absolute Gasteiger partial charge is 0.461 e. The van der Waals surface area contributed by atoms with E-state index < -0.39 is 0 Å². The molecule has 40 heavy (non-hydrogen) atoms. The third-order valence-electron chi connectivity index (χ3n) is 7.83. The van der Waals surface area contributed by atoms with Gasteiger partial charge in [0.15, 0.2) is 0 Å². The number of pyridine rings is 3. The number of nitrogens with one attached hydrogen (secondary N) is 1. The summed E-state index contributed by atoms with van der Waals surface area (Å²) < 4.78 is 10.8. The topological polar surface area (TPSA) is 73.7 Å². The summed E-state index contributed by atoms with van der Waals surface area (Å²) in [4.78, 5) is 14.0. The molecular weight excluding hydrogens is 496 g/mol. The van der Waals surface area contributed by atoms with Crippen LogP contribution in [-0.2, 0) is 0 Å². The molecule has 1 N–H and O–H groups in total. The van der Waals surface area contributed by atoms with E-state index in [4.69, 9.17) is 9.40 Å². The molecule has 0 bridgehead atoms. The fraction of sp³-hybridized carbons (Fsp3) is 0.121. The van der Waals surface area contributed by atoms with E-state index in [1.54, 1.807) is 0 Å². The Kier molecular flexibility index (Phi) is 4.94. The Bertz CT molecular complexity index is 2120. The van der Waals surface area contributed by atoms with Crippen LogP contribution in [0.2, 0.25) is 0 Å². The van der Waals surface area contributed by atoms with Gasteiger partial charge in [0.1, 0.15) is 27.9 Å². The number of anilines is 1. The lowest BCUT2D eigenvalue weighted by molar-refractivity contribution is 0.577.